The fourth-order valence-electron chi connectivity index (χ4n) is 5.49. The Morgan fingerprint density at radius 2 is 1.85 bits per heavy atom. The first-order chi connectivity index (χ1) is 19.5. The van der Waals surface area contributed by atoms with E-state index in [1.807, 2.05) is 55.5 Å². The van der Waals surface area contributed by atoms with Gasteiger partial charge >= 0.3 is 0 Å². The Hall–Kier alpha value is -4.77. The molecule has 0 aliphatic heterocycles. The van der Waals surface area contributed by atoms with Crippen molar-refractivity contribution in [2.75, 3.05) is 0 Å². The Morgan fingerprint density at radius 1 is 1.05 bits per heavy atom. The quantitative estimate of drug-likeness (QED) is 0.324. The number of nitrogens with one attached hydrogen (secondary N) is 1. The zero-order chi connectivity index (χ0) is 27.6. The third kappa shape index (κ3) is 4.75. The Labute approximate surface area is 232 Å². The SMILES string of the molecule is Cc1nn2cccnc2c1C(=O)N[C@H](C)c1nc2cccc(C#CC3CCCCC3)c2c(=O)n1-c1ccccc1. The lowest BCUT2D eigenvalue weighted by molar-refractivity contribution is 0.0938. The number of rotatable bonds is 4. The molecule has 0 spiro atoms. The molecular formula is C32H30N6O2. The van der Waals surface area contributed by atoms with Crippen LogP contribution < -0.4 is 10.9 Å². The number of carbonyl (C=O) groups excluding carboxylic acids is 1. The molecule has 3 heterocycles. The third-order valence-corrected chi connectivity index (χ3v) is 7.49. The fourth-order valence-corrected chi connectivity index (χ4v) is 5.49. The van der Waals surface area contributed by atoms with E-state index in [9.17, 15) is 9.59 Å². The lowest BCUT2D eigenvalue weighted by atomic mass is 9.89. The maximum atomic E-state index is 14.2. The molecule has 6 rings (SSSR count). The summed E-state index contributed by atoms with van der Waals surface area (Å²) in [6.45, 7) is 3.60. The van der Waals surface area contributed by atoms with E-state index in [2.05, 4.69) is 27.2 Å². The van der Waals surface area contributed by atoms with Crippen LogP contribution >= 0.6 is 0 Å². The molecule has 5 aromatic rings. The molecule has 0 bridgehead atoms. The molecule has 1 saturated carbocycles. The lowest BCUT2D eigenvalue weighted by Crippen LogP contribution is -2.33. The molecule has 0 radical (unpaired) electrons. The zero-order valence-corrected chi connectivity index (χ0v) is 22.6. The number of hydrogen-bond acceptors (Lipinski definition) is 5. The number of nitrogens with zero attached hydrogens (tertiary/aromatic N) is 5. The molecule has 0 saturated heterocycles. The van der Waals surface area contributed by atoms with Crippen molar-refractivity contribution in [1.82, 2.24) is 29.5 Å². The van der Waals surface area contributed by atoms with Crippen LogP contribution in [0.3, 0.4) is 0 Å². The molecular weight excluding hydrogens is 500 g/mol. The van der Waals surface area contributed by atoms with Crippen molar-refractivity contribution in [3.05, 3.63) is 100.0 Å². The van der Waals surface area contributed by atoms with Crippen molar-refractivity contribution < 1.29 is 4.79 Å². The van der Waals surface area contributed by atoms with Crippen LogP contribution in [-0.4, -0.2) is 30.1 Å². The van der Waals surface area contributed by atoms with Gasteiger partial charge in [0.1, 0.15) is 11.4 Å². The van der Waals surface area contributed by atoms with Gasteiger partial charge in [0.2, 0.25) is 0 Å². The van der Waals surface area contributed by atoms with Crippen molar-refractivity contribution in [3.63, 3.8) is 0 Å². The number of carbonyl (C=O) groups is 1. The summed E-state index contributed by atoms with van der Waals surface area (Å²) < 4.78 is 3.17. The third-order valence-electron chi connectivity index (χ3n) is 7.49. The number of amides is 1. The Balaban J connectivity index is 1.45. The topological polar surface area (TPSA) is 94.2 Å². The predicted molar refractivity (Wildman–Crippen MR) is 154 cm³/mol. The summed E-state index contributed by atoms with van der Waals surface area (Å²) in [7, 11) is 0. The highest BCUT2D eigenvalue weighted by molar-refractivity contribution is 6.01. The van der Waals surface area contributed by atoms with Gasteiger partial charge in [0.15, 0.2) is 5.65 Å². The van der Waals surface area contributed by atoms with Gasteiger partial charge < -0.3 is 5.32 Å². The molecule has 8 heteroatoms. The highest BCUT2D eigenvalue weighted by Crippen LogP contribution is 2.24. The highest BCUT2D eigenvalue weighted by Gasteiger charge is 2.24. The van der Waals surface area contributed by atoms with Crippen LogP contribution in [0.25, 0.3) is 22.2 Å². The molecule has 1 aliphatic carbocycles. The minimum absolute atomic E-state index is 0.213. The van der Waals surface area contributed by atoms with E-state index in [0.29, 0.717) is 50.8 Å². The first-order valence-electron chi connectivity index (χ1n) is 13.7. The van der Waals surface area contributed by atoms with Crippen molar-refractivity contribution in [1.29, 1.82) is 0 Å². The molecule has 8 nitrogen and oxygen atoms in total. The van der Waals surface area contributed by atoms with E-state index < -0.39 is 6.04 Å². The summed E-state index contributed by atoms with van der Waals surface area (Å²) in [5.41, 5.74) is 3.12. The van der Waals surface area contributed by atoms with Crippen LogP contribution in [-0.2, 0) is 0 Å². The summed E-state index contributed by atoms with van der Waals surface area (Å²) in [6.07, 6.45) is 9.26. The van der Waals surface area contributed by atoms with Crippen LogP contribution in [0.4, 0.5) is 0 Å². The molecule has 1 N–H and O–H groups in total. The summed E-state index contributed by atoms with van der Waals surface area (Å²) in [5.74, 6) is 7.18. The smallest absolute Gasteiger partial charge is 0.267 e. The fraction of sp³-hybridized carbons (Fsp3) is 0.281. The van der Waals surface area contributed by atoms with E-state index in [1.165, 1.54) is 19.3 Å². The molecule has 2 aromatic carbocycles. The Kier molecular flexibility index (Phi) is 6.87. The van der Waals surface area contributed by atoms with Crippen LogP contribution in [0, 0.1) is 24.7 Å². The van der Waals surface area contributed by atoms with E-state index in [1.54, 1.807) is 34.5 Å². The molecule has 1 fully saturated rings. The van der Waals surface area contributed by atoms with Gasteiger partial charge in [-0.25, -0.2) is 14.5 Å². The van der Waals surface area contributed by atoms with Gasteiger partial charge in [-0.3, -0.25) is 14.2 Å². The van der Waals surface area contributed by atoms with Gasteiger partial charge in [0.05, 0.1) is 28.3 Å². The number of aromatic nitrogens is 5. The van der Waals surface area contributed by atoms with E-state index in [4.69, 9.17) is 4.98 Å². The monoisotopic (exact) mass is 530 g/mol. The van der Waals surface area contributed by atoms with Crippen molar-refractivity contribution in [3.8, 4) is 17.5 Å². The minimum Gasteiger partial charge on any atom is -0.342 e. The number of aryl methyl sites for hydroxylation is 1. The van der Waals surface area contributed by atoms with Crippen molar-refractivity contribution in [2.45, 2.75) is 52.0 Å². The molecule has 40 heavy (non-hydrogen) atoms. The molecule has 1 amide bonds. The molecule has 200 valence electrons. The van der Waals surface area contributed by atoms with Crippen LogP contribution in [0.5, 0.6) is 0 Å². The minimum atomic E-state index is -0.597. The van der Waals surface area contributed by atoms with E-state index >= 15 is 0 Å². The van der Waals surface area contributed by atoms with Gasteiger partial charge in [-0.2, -0.15) is 5.10 Å². The largest absolute Gasteiger partial charge is 0.342 e. The van der Waals surface area contributed by atoms with Crippen LogP contribution in [0.1, 0.15) is 72.5 Å². The van der Waals surface area contributed by atoms with Crippen molar-refractivity contribution >= 4 is 22.5 Å². The maximum Gasteiger partial charge on any atom is 0.267 e. The highest BCUT2D eigenvalue weighted by atomic mass is 16.2. The average molecular weight is 531 g/mol. The second kappa shape index (κ2) is 10.8. The number of para-hydroxylation sites is 1. The summed E-state index contributed by atoms with van der Waals surface area (Å²) in [6, 6.07) is 16.1. The van der Waals surface area contributed by atoms with Crippen molar-refractivity contribution in [2.24, 2.45) is 5.92 Å². The Bertz CT molecular complexity index is 1840. The molecule has 1 atom stereocenters. The first-order valence-corrected chi connectivity index (χ1v) is 13.7. The maximum absolute atomic E-state index is 14.2. The van der Waals surface area contributed by atoms with E-state index in [0.717, 1.165) is 12.8 Å². The number of hydrogen-bond donors (Lipinski definition) is 1. The van der Waals surface area contributed by atoms with E-state index in [-0.39, 0.29) is 11.5 Å². The zero-order valence-electron chi connectivity index (χ0n) is 22.6. The molecule has 1 aliphatic rings. The van der Waals surface area contributed by atoms with Crippen LogP contribution in [0.15, 0.2) is 71.8 Å². The van der Waals surface area contributed by atoms with Gasteiger partial charge in [-0.15, -0.1) is 0 Å². The summed E-state index contributed by atoms with van der Waals surface area (Å²) in [5, 5.41) is 7.92. The van der Waals surface area contributed by atoms with Gasteiger partial charge in [0, 0.05) is 23.9 Å². The summed E-state index contributed by atoms with van der Waals surface area (Å²) >= 11 is 0. The standard InChI is InChI=1S/C32H30N6O2/c1-21-27(30-33-19-10-20-37(30)36-21)31(39)34-22(2)29-35-26-16-9-13-24(18-17-23-11-5-3-6-12-23)28(26)32(40)38(29)25-14-7-4-8-15-25/h4,7-10,13-16,19-20,22-23H,3,5-6,11-12H2,1-2H3,(H,34,39)/t22-/m1/s1. The number of benzene rings is 2. The van der Waals surface area contributed by atoms with Gasteiger partial charge in [-0.05, 0) is 57.0 Å². The summed E-state index contributed by atoms with van der Waals surface area (Å²) in [4.78, 5) is 36.9. The number of fused-ring (bicyclic) bond motifs is 2. The average Bonchev–Trinajstić information content (AvgIpc) is 3.32. The Morgan fingerprint density at radius 3 is 2.65 bits per heavy atom. The van der Waals surface area contributed by atoms with Gasteiger partial charge in [-0.1, -0.05) is 55.4 Å². The normalized spacial score (nSPS) is 14.6. The second-order valence-electron chi connectivity index (χ2n) is 10.3. The first kappa shape index (κ1) is 25.5. The van der Waals surface area contributed by atoms with Crippen LogP contribution in [0.2, 0.25) is 0 Å². The molecule has 3 aromatic heterocycles. The second-order valence-corrected chi connectivity index (χ2v) is 10.3. The lowest BCUT2D eigenvalue weighted by Gasteiger charge is -2.20. The predicted octanol–water partition coefficient (Wildman–Crippen LogP) is 5.16. The van der Waals surface area contributed by atoms with Gasteiger partial charge in [0.25, 0.3) is 11.5 Å². The molecule has 0 unspecified atom stereocenters.